The van der Waals surface area contributed by atoms with Crippen LogP contribution in [0.5, 0.6) is 0 Å². The zero-order chi connectivity index (χ0) is 47.8. The van der Waals surface area contributed by atoms with Crippen LogP contribution in [0.2, 0.25) is 10.3 Å². The van der Waals surface area contributed by atoms with Crippen LogP contribution in [0.1, 0.15) is 86.7 Å². The average Bonchev–Trinajstić information content (AvgIpc) is 4.01. The largest absolute Gasteiger partial charge is 0.339 e. The summed E-state index contributed by atoms with van der Waals surface area (Å²) in [6.07, 6.45) is 4.34. The Balaban J connectivity index is 0.000000329. The molecule has 4 amide bonds. The van der Waals surface area contributed by atoms with Crippen molar-refractivity contribution in [3.05, 3.63) is 147 Å². The molecule has 1 saturated heterocycles. The number of halogens is 11. The highest BCUT2D eigenvalue weighted by Gasteiger charge is 2.46. The second-order valence-corrected chi connectivity index (χ2v) is 25.6. The lowest BCUT2D eigenvalue weighted by molar-refractivity contribution is -0.135. The van der Waals surface area contributed by atoms with Crippen LogP contribution in [0.4, 0.5) is 23.7 Å². The normalized spacial score (nSPS) is 15.0. The first-order chi connectivity index (χ1) is 30.5. The standard InChI is InChI=1S/2C13H9ClFIN2O2.C13H10FIN2O3.4CH4.Cl3OP/c14-11-6-12(19)17(8-2-3-8)13(20)18(11)10-4-1-7(16)5-9(10)15;14-11-6-12(19)18(13(20)17(11)8-2-3-8)10-4-1-7(16)5-9(10)15;14-9-5-7(15)1-4-10(9)17-12(19)6-11(18)16(13(17)20)8-2-3-8;;;;;1-5(2,3)4/h2*1,4-6,8H,2-3H2;1,4-5,8H,2-3,6H2;4*1H4;. The van der Waals surface area contributed by atoms with E-state index in [1.165, 1.54) is 41.0 Å². The van der Waals surface area contributed by atoms with Crippen molar-refractivity contribution in [3.63, 3.8) is 0 Å². The van der Waals surface area contributed by atoms with Crippen LogP contribution in [0.15, 0.2) is 85.9 Å². The lowest BCUT2D eigenvalue weighted by Gasteiger charge is -2.32. The molecule has 3 aliphatic carbocycles. The molecule has 5 aromatic rings. The van der Waals surface area contributed by atoms with E-state index < -0.39 is 69.4 Å². The minimum atomic E-state index is -3.22. The Labute approximate surface area is 460 Å². The summed E-state index contributed by atoms with van der Waals surface area (Å²) in [5.74, 6) is -2.99. The first-order valence-corrected chi connectivity index (χ1v) is 27.2. The Morgan fingerprint density at radius 3 is 1.30 bits per heavy atom. The summed E-state index contributed by atoms with van der Waals surface area (Å²) in [7, 11) is 0. The molecule has 69 heavy (non-hydrogen) atoms. The highest BCUT2D eigenvalue weighted by molar-refractivity contribution is 14.1. The minimum absolute atomic E-state index is 0. The summed E-state index contributed by atoms with van der Waals surface area (Å²) in [5, 5.41) is -3.21. The van der Waals surface area contributed by atoms with Gasteiger partial charge in [0.05, 0.1) is 17.1 Å². The Kier molecular flexibility index (Phi) is 23.3. The number of imide groups is 2. The molecule has 4 fully saturated rings. The molecule has 0 atom stereocenters. The Morgan fingerprint density at radius 1 is 0.507 bits per heavy atom. The summed E-state index contributed by atoms with van der Waals surface area (Å²) in [6, 6.07) is 14.4. The van der Waals surface area contributed by atoms with E-state index in [1.54, 1.807) is 18.2 Å². The number of amides is 4. The molecule has 4 aliphatic rings. The Hall–Kier alpha value is -2.71. The summed E-state index contributed by atoms with van der Waals surface area (Å²) in [5.41, 5.74) is -2.35. The molecule has 376 valence electrons. The van der Waals surface area contributed by atoms with Gasteiger partial charge in [-0.25, -0.2) is 41.6 Å². The Morgan fingerprint density at radius 2 is 0.884 bits per heavy atom. The summed E-state index contributed by atoms with van der Waals surface area (Å²) in [6.45, 7) is 0. The van der Waals surface area contributed by atoms with Crippen molar-refractivity contribution in [2.75, 3.05) is 4.90 Å². The van der Waals surface area contributed by atoms with Crippen molar-refractivity contribution in [1.29, 1.82) is 0 Å². The van der Waals surface area contributed by atoms with E-state index >= 15 is 0 Å². The van der Waals surface area contributed by atoms with E-state index in [4.69, 9.17) is 23.2 Å². The molecular weight excluding hydrogens is 1370 g/mol. The first kappa shape index (κ1) is 62.4. The third-order valence-corrected chi connectivity index (χ3v) is 12.2. The predicted molar refractivity (Wildman–Crippen MR) is 293 cm³/mol. The maximum absolute atomic E-state index is 14.0. The minimum Gasteiger partial charge on any atom is -0.280 e. The van der Waals surface area contributed by atoms with Crippen LogP contribution in [0.25, 0.3) is 11.4 Å². The second kappa shape index (κ2) is 25.8. The molecule has 3 heterocycles. The fraction of sp³-hybridized carbons (Fsp3) is 0.326. The van der Waals surface area contributed by atoms with Gasteiger partial charge < -0.3 is 0 Å². The van der Waals surface area contributed by atoms with Crippen molar-refractivity contribution >= 4 is 153 Å². The van der Waals surface area contributed by atoms with E-state index in [0.29, 0.717) is 10.7 Å². The summed E-state index contributed by atoms with van der Waals surface area (Å²) in [4.78, 5) is 86.5. The van der Waals surface area contributed by atoms with Gasteiger partial charge in [0, 0.05) is 41.0 Å². The molecule has 3 saturated carbocycles. The maximum atomic E-state index is 14.0. The van der Waals surface area contributed by atoms with Gasteiger partial charge in [0.1, 0.15) is 34.2 Å². The van der Waals surface area contributed by atoms with Crippen molar-refractivity contribution in [3.8, 4) is 11.4 Å². The molecule has 26 heteroatoms. The molecule has 9 rings (SSSR count). The van der Waals surface area contributed by atoms with Crippen LogP contribution in [0.3, 0.4) is 0 Å². The van der Waals surface area contributed by atoms with E-state index in [-0.39, 0.29) is 75.2 Å². The molecule has 1 aliphatic heterocycles. The van der Waals surface area contributed by atoms with Crippen molar-refractivity contribution in [1.82, 2.24) is 23.2 Å². The molecule has 0 N–H and O–H groups in total. The van der Waals surface area contributed by atoms with Gasteiger partial charge >= 0.3 is 22.6 Å². The first-order valence-electron chi connectivity index (χ1n) is 18.8. The highest BCUT2D eigenvalue weighted by atomic mass is 127. The third-order valence-electron chi connectivity index (χ3n) is 9.59. The molecule has 0 spiro atoms. The Bertz CT molecular complexity index is 3040. The van der Waals surface area contributed by atoms with Gasteiger partial charge in [-0.15, -0.1) is 0 Å². The van der Waals surface area contributed by atoms with Gasteiger partial charge in [-0.3, -0.25) is 37.8 Å². The van der Waals surface area contributed by atoms with Crippen LogP contribution >= 0.6 is 130 Å². The number of aromatic nitrogens is 4. The van der Waals surface area contributed by atoms with Crippen LogP contribution in [0, 0.1) is 28.2 Å². The number of hydrogen-bond donors (Lipinski definition) is 0. The molecule has 0 unspecified atom stereocenters. The molecule has 3 aromatic carbocycles. The van der Waals surface area contributed by atoms with Gasteiger partial charge in [-0.1, -0.05) is 52.9 Å². The smallest absolute Gasteiger partial charge is 0.280 e. The van der Waals surface area contributed by atoms with E-state index in [0.717, 1.165) is 74.2 Å². The number of anilines is 1. The lowest BCUT2D eigenvalue weighted by atomic mass is 10.2. The SMILES string of the molecule is C.C.C.C.O=C1CC(=O)N(C2CC2)C(=O)N1c1ccc(I)cc1F.O=P(Cl)(Cl)Cl.O=c1cc(Cl)n(-c2ccc(I)cc2F)c(=O)n1C1CC1.O=c1cc(Cl)n(C2CC2)c(=O)n1-c1ccc(I)cc1F. The monoisotopic (exact) mass is 1420 g/mol. The second-order valence-electron chi connectivity index (χ2n) is 14.4. The van der Waals surface area contributed by atoms with Crippen molar-refractivity contribution in [2.24, 2.45) is 0 Å². The molecule has 14 nitrogen and oxygen atoms in total. The third kappa shape index (κ3) is 15.6. The van der Waals surface area contributed by atoms with E-state index in [2.05, 4.69) is 33.7 Å². The molecule has 2 aromatic heterocycles. The van der Waals surface area contributed by atoms with Gasteiger partial charge in [0.15, 0.2) is 0 Å². The quantitative estimate of drug-likeness (QED) is 0.0702. The number of benzene rings is 3. The fourth-order valence-electron chi connectivity index (χ4n) is 6.36. The number of hydrogen-bond acceptors (Lipinski definition) is 8. The number of rotatable bonds is 6. The molecule has 0 bridgehead atoms. The zero-order valence-electron chi connectivity index (χ0n) is 32.6. The van der Waals surface area contributed by atoms with Crippen LogP contribution in [-0.4, -0.2) is 47.1 Å². The zero-order valence-corrected chi connectivity index (χ0v) is 43.7. The summed E-state index contributed by atoms with van der Waals surface area (Å²) >= 11 is 31.6. The highest BCUT2D eigenvalue weighted by Crippen LogP contribution is 2.61. The maximum Gasteiger partial charge on any atom is 0.339 e. The van der Waals surface area contributed by atoms with Gasteiger partial charge in [-0.05, 0) is 195 Å². The topological polar surface area (TPSA) is 163 Å². The van der Waals surface area contributed by atoms with E-state index in [9.17, 15) is 51.3 Å². The van der Waals surface area contributed by atoms with Gasteiger partial charge in [0.2, 0.25) is 11.8 Å². The van der Waals surface area contributed by atoms with E-state index in [1.807, 2.05) is 67.8 Å². The lowest BCUT2D eigenvalue weighted by Crippen LogP contribution is -2.56. The predicted octanol–water partition coefficient (Wildman–Crippen LogP) is 13.1. The molecular formula is C43H44Cl5F3I3N6O8P. The average molecular weight is 1420 g/mol. The fourth-order valence-corrected chi connectivity index (χ4v) is 8.28. The van der Waals surface area contributed by atoms with Crippen LogP contribution < -0.4 is 27.4 Å². The van der Waals surface area contributed by atoms with Crippen LogP contribution in [-0.2, 0) is 14.2 Å². The number of carbonyl (C=O) groups is 3. The number of nitrogens with zero attached hydrogens (tertiary/aromatic N) is 6. The van der Waals surface area contributed by atoms with Crippen molar-refractivity contribution in [2.45, 2.75) is 92.8 Å². The number of carbonyl (C=O) groups excluding carboxylic acids is 3. The van der Waals surface area contributed by atoms with Gasteiger partial charge in [-0.2, -0.15) is 0 Å². The number of urea groups is 1. The molecule has 0 radical (unpaired) electrons. The summed E-state index contributed by atoms with van der Waals surface area (Å²) < 4.78 is 57.9. The van der Waals surface area contributed by atoms with Crippen molar-refractivity contribution < 1.29 is 32.1 Å². The number of barbiturate groups is 1. The van der Waals surface area contributed by atoms with Gasteiger partial charge in [0.25, 0.3) is 11.1 Å².